The van der Waals surface area contributed by atoms with E-state index in [0.29, 0.717) is 6.42 Å². The van der Waals surface area contributed by atoms with Gasteiger partial charge in [-0.05, 0) is 25.7 Å². The number of nitrogens with zero attached hydrogens (tertiary/aromatic N) is 1. The number of nitrogens with one attached hydrogen (secondary N) is 1. The molecule has 1 rings (SSSR count). The summed E-state index contributed by atoms with van der Waals surface area (Å²) in [6.07, 6.45) is 4.57. The van der Waals surface area contributed by atoms with Crippen molar-refractivity contribution >= 4 is 5.91 Å². The van der Waals surface area contributed by atoms with Crippen LogP contribution in [0.4, 0.5) is 0 Å². The maximum absolute atomic E-state index is 11.7. The Balaban J connectivity index is 2.37. The monoisotopic (exact) mass is 224 g/mol. The van der Waals surface area contributed by atoms with Gasteiger partial charge in [-0.1, -0.05) is 13.3 Å². The van der Waals surface area contributed by atoms with Crippen LogP contribution in [0.5, 0.6) is 0 Å². The molecule has 3 unspecified atom stereocenters. The summed E-state index contributed by atoms with van der Waals surface area (Å²) in [4.78, 5) is 11.7. The fourth-order valence-corrected chi connectivity index (χ4v) is 2.13. The molecule has 0 aromatic rings. The summed E-state index contributed by atoms with van der Waals surface area (Å²) in [5.74, 6) is -0.613. The summed E-state index contributed by atoms with van der Waals surface area (Å²) < 4.78 is 5.24. The van der Waals surface area contributed by atoms with Crippen molar-refractivity contribution in [2.24, 2.45) is 5.92 Å². The van der Waals surface area contributed by atoms with E-state index in [1.807, 2.05) is 6.92 Å². The number of nitriles is 1. The molecule has 0 radical (unpaired) electrons. The Morgan fingerprint density at radius 1 is 1.62 bits per heavy atom. The van der Waals surface area contributed by atoms with E-state index in [2.05, 4.69) is 11.4 Å². The lowest BCUT2D eigenvalue weighted by Crippen LogP contribution is -2.37. The Morgan fingerprint density at radius 3 is 2.88 bits per heavy atom. The van der Waals surface area contributed by atoms with Crippen molar-refractivity contribution in [3.8, 4) is 6.07 Å². The van der Waals surface area contributed by atoms with Crippen LogP contribution >= 0.6 is 0 Å². The number of hydrogen-bond donors (Lipinski definition) is 1. The standard InChI is InChI=1S/C12H20N2O2/c1-3-4-9(8-13)12(15)14-10-5-6-11(7-10)16-2/h9-11H,3-7H2,1-2H3,(H,14,15). The zero-order chi connectivity index (χ0) is 12.0. The number of amides is 1. The third-order valence-electron chi connectivity index (χ3n) is 3.11. The molecule has 90 valence electrons. The van der Waals surface area contributed by atoms with Crippen LogP contribution in [0.15, 0.2) is 0 Å². The molecule has 1 fully saturated rings. The van der Waals surface area contributed by atoms with Crippen LogP contribution in [0.25, 0.3) is 0 Å². The minimum Gasteiger partial charge on any atom is -0.381 e. The van der Waals surface area contributed by atoms with E-state index in [1.54, 1.807) is 7.11 Å². The zero-order valence-electron chi connectivity index (χ0n) is 10.0. The topological polar surface area (TPSA) is 62.1 Å². The zero-order valence-corrected chi connectivity index (χ0v) is 10.0. The van der Waals surface area contributed by atoms with Gasteiger partial charge in [0.05, 0.1) is 12.2 Å². The van der Waals surface area contributed by atoms with Gasteiger partial charge in [-0.15, -0.1) is 0 Å². The highest BCUT2D eigenvalue weighted by Gasteiger charge is 2.27. The van der Waals surface area contributed by atoms with Crippen LogP contribution in [0.3, 0.4) is 0 Å². The van der Waals surface area contributed by atoms with Crippen molar-refractivity contribution in [3.05, 3.63) is 0 Å². The fraction of sp³-hybridized carbons (Fsp3) is 0.833. The fourth-order valence-electron chi connectivity index (χ4n) is 2.13. The smallest absolute Gasteiger partial charge is 0.237 e. The quantitative estimate of drug-likeness (QED) is 0.771. The van der Waals surface area contributed by atoms with E-state index in [-0.39, 0.29) is 18.1 Å². The molecule has 0 saturated heterocycles. The van der Waals surface area contributed by atoms with Crippen molar-refractivity contribution in [2.75, 3.05) is 7.11 Å². The number of ether oxygens (including phenoxy) is 1. The van der Waals surface area contributed by atoms with E-state index in [0.717, 1.165) is 25.7 Å². The second-order valence-electron chi connectivity index (χ2n) is 4.35. The first-order valence-corrected chi connectivity index (χ1v) is 5.94. The van der Waals surface area contributed by atoms with E-state index in [4.69, 9.17) is 10.00 Å². The van der Waals surface area contributed by atoms with Gasteiger partial charge in [-0.25, -0.2) is 0 Å². The Morgan fingerprint density at radius 2 is 2.38 bits per heavy atom. The Bertz CT molecular complexity index is 273. The van der Waals surface area contributed by atoms with Gasteiger partial charge in [0, 0.05) is 13.2 Å². The average Bonchev–Trinajstić information content (AvgIpc) is 2.73. The first-order valence-electron chi connectivity index (χ1n) is 5.94. The molecule has 1 aliphatic carbocycles. The molecule has 0 aliphatic heterocycles. The van der Waals surface area contributed by atoms with Gasteiger partial charge < -0.3 is 10.1 Å². The molecule has 3 atom stereocenters. The molecule has 0 aromatic heterocycles. The summed E-state index contributed by atoms with van der Waals surface area (Å²) in [7, 11) is 1.70. The van der Waals surface area contributed by atoms with E-state index >= 15 is 0 Å². The van der Waals surface area contributed by atoms with Crippen molar-refractivity contribution in [2.45, 2.75) is 51.2 Å². The molecule has 0 aromatic carbocycles. The van der Waals surface area contributed by atoms with Gasteiger partial charge in [-0.3, -0.25) is 4.79 Å². The Hall–Kier alpha value is -1.08. The maximum Gasteiger partial charge on any atom is 0.237 e. The molecule has 0 spiro atoms. The van der Waals surface area contributed by atoms with E-state index in [9.17, 15) is 4.79 Å². The van der Waals surface area contributed by atoms with Crippen LogP contribution in [0, 0.1) is 17.2 Å². The van der Waals surface area contributed by atoms with Gasteiger partial charge in [0.1, 0.15) is 5.92 Å². The number of rotatable bonds is 5. The van der Waals surface area contributed by atoms with Crippen LogP contribution in [0.1, 0.15) is 39.0 Å². The van der Waals surface area contributed by atoms with Crippen molar-refractivity contribution in [1.29, 1.82) is 5.26 Å². The van der Waals surface area contributed by atoms with Gasteiger partial charge in [-0.2, -0.15) is 5.26 Å². The molecule has 16 heavy (non-hydrogen) atoms. The van der Waals surface area contributed by atoms with Gasteiger partial charge in [0.25, 0.3) is 0 Å². The molecule has 1 saturated carbocycles. The predicted octanol–water partition coefficient (Wildman–Crippen LogP) is 1.61. The second-order valence-corrected chi connectivity index (χ2v) is 4.35. The van der Waals surface area contributed by atoms with Crippen molar-refractivity contribution in [1.82, 2.24) is 5.32 Å². The molecule has 4 nitrogen and oxygen atoms in total. The van der Waals surface area contributed by atoms with Crippen LogP contribution in [-0.2, 0) is 9.53 Å². The summed E-state index contributed by atoms with van der Waals surface area (Å²) >= 11 is 0. The molecule has 1 amide bonds. The minimum atomic E-state index is -0.494. The molecular formula is C12H20N2O2. The Kier molecular flexibility index (Phi) is 5.27. The van der Waals surface area contributed by atoms with Gasteiger partial charge >= 0.3 is 0 Å². The molecule has 1 N–H and O–H groups in total. The van der Waals surface area contributed by atoms with Gasteiger partial charge in [0.15, 0.2) is 0 Å². The number of carbonyl (C=O) groups excluding carboxylic acids is 1. The SMILES string of the molecule is CCCC(C#N)C(=O)NC1CCC(OC)C1. The highest BCUT2D eigenvalue weighted by Crippen LogP contribution is 2.21. The number of carbonyl (C=O) groups is 1. The lowest BCUT2D eigenvalue weighted by Gasteiger charge is -2.15. The maximum atomic E-state index is 11.7. The Labute approximate surface area is 97.0 Å². The van der Waals surface area contributed by atoms with Crippen LogP contribution in [-0.4, -0.2) is 25.2 Å². The van der Waals surface area contributed by atoms with Crippen molar-refractivity contribution in [3.63, 3.8) is 0 Å². The second kappa shape index (κ2) is 6.49. The summed E-state index contributed by atoms with van der Waals surface area (Å²) in [5.41, 5.74) is 0. The minimum absolute atomic E-state index is 0.119. The summed E-state index contributed by atoms with van der Waals surface area (Å²) in [6, 6.07) is 2.24. The predicted molar refractivity (Wildman–Crippen MR) is 60.6 cm³/mol. The largest absolute Gasteiger partial charge is 0.381 e. The van der Waals surface area contributed by atoms with Crippen molar-refractivity contribution < 1.29 is 9.53 Å². The third kappa shape index (κ3) is 3.49. The summed E-state index contributed by atoms with van der Waals surface area (Å²) in [5, 5.41) is 11.8. The molecule has 4 heteroatoms. The van der Waals surface area contributed by atoms with Crippen LogP contribution in [0.2, 0.25) is 0 Å². The van der Waals surface area contributed by atoms with E-state index < -0.39 is 5.92 Å². The lowest BCUT2D eigenvalue weighted by molar-refractivity contribution is -0.124. The van der Waals surface area contributed by atoms with Gasteiger partial charge in [0.2, 0.25) is 5.91 Å². The third-order valence-corrected chi connectivity index (χ3v) is 3.11. The highest BCUT2D eigenvalue weighted by molar-refractivity contribution is 5.81. The molecule has 0 heterocycles. The molecular weight excluding hydrogens is 204 g/mol. The normalized spacial score (nSPS) is 26.1. The van der Waals surface area contributed by atoms with Crippen LogP contribution < -0.4 is 5.32 Å². The molecule has 0 bridgehead atoms. The average molecular weight is 224 g/mol. The number of methoxy groups -OCH3 is 1. The lowest BCUT2D eigenvalue weighted by atomic mass is 10.0. The molecule has 1 aliphatic rings. The van der Waals surface area contributed by atoms with E-state index in [1.165, 1.54) is 0 Å². The number of hydrogen-bond acceptors (Lipinski definition) is 3. The highest BCUT2D eigenvalue weighted by atomic mass is 16.5. The summed E-state index contributed by atoms with van der Waals surface area (Å²) in [6.45, 7) is 1.98. The first kappa shape index (κ1) is 13.0. The first-order chi connectivity index (χ1) is 7.71.